The first-order valence-electron chi connectivity index (χ1n) is 9.33. The van der Waals surface area contributed by atoms with E-state index in [0.29, 0.717) is 6.61 Å². The predicted molar refractivity (Wildman–Crippen MR) is 120 cm³/mol. The van der Waals surface area contributed by atoms with E-state index in [-0.39, 0.29) is 11.5 Å². The summed E-state index contributed by atoms with van der Waals surface area (Å²) in [6.45, 7) is 2.41. The minimum absolute atomic E-state index is 0.0471. The highest BCUT2D eigenvalue weighted by atomic mass is 79.9. The molecule has 2 N–H and O–H groups in total. The number of halogens is 2. The number of fused-ring (bicyclic) bond motifs is 2. The van der Waals surface area contributed by atoms with Gasteiger partial charge in [-0.05, 0) is 53.2 Å². The van der Waals surface area contributed by atoms with Gasteiger partial charge in [0.2, 0.25) is 0 Å². The number of nitrogens with zero attached hydrogens (tertiary/aromatic N) is 1. The first kappa shape index (κ1) is 19.5. The number of hydrogen-bond acceptors (Lipinski definition) is 4. The Labute approximate surface area is 180 Å². The molecule has 1 aromatic heterocycles. The fourth-order valence-corrected chi connectivity index (χ4v) is 4.92. The highest BCUT2D eigenvalue weighted by Crippen LogP contribution is 2.40. The second-order valence-corrected chi connectivity index (χ2v) is 8.55. The first-order valence-corrected chi connectivity index (χ1v) is 10.9. The van der Waals surface area contributed by atoms with Gasteiger partial charge in [-0.2, -0.15) is 0 Å². The van der Waals surface area contributed by atoms with Gasteiger partial charge in [0.05, 0.1) is 16.6 Å². The first-order chi connectivity index (χ1) is 13.6. The summed E-state index contributed by atoms with van der Waals surface area (Å²) in [5, 5.41) is 4.37. The zero-order chi connectivity index (χ0) is 19.5. The van der Waals surface area contributed by atoms with E-state index in [9.17, 15) is 4.79 Å². The Morgan fingerprint density at radius 2 is 2.00 bits per heavy atom. The third kappa shape index (κ3) is 4.11. The summed E-state index contributed by atoms with van der Waals surface area (Å²) in [5.74, 6) is 0.935. The zero-order valence-electron chi connectivity index (χ0n) is 15.3. The van der Waals surface area contributed by atoms with Crippen LogP contribution in [0.15, 0.2) is 62.4 Å². The number of para-hydroxylation sites is 1. The summed E-state index contributed by atoms with van der Waals surface area (Å²) >= 11 is 7.15. The van der Waals surface area contributed by atoms with Crippen LogP contribution in [0, 0.1) is 0 Å². The Balaban J connectivity index is 1.35. The molecule has 1 aliphatic rings. The van der Waals surface area contributed by atoms with Crippen LogP contribution in [-0.4, -0.2) is 24.4 Å². The van der Waals surface area contributed by atoms with Crippen LogP contribution in [0.2, 0.25) is 0 Å². The third-order valence-electron chi connectivity index (χ3n) is 4.90. The molecular weight excluding hydrogens is 486 g/mol. The van der Waals surface area contributed by atoms with Crippen LogP contribution in [0.5, 0.6) is 5.75 Å². The average Bonchev–Trinajstić information content (AvgIpc) is 2.70. The fraction of sp³-hybridized carbons (Fsp3) is 0.286. The molecule has 1 unspecified atom stereocenters. The van der Waals surface area contributed by atoms with E-state index in [0.717, 1.165) is 51.5 Å². The van der Waals surface area contributed by atoms with E-state index >= 15 is 0 Å². The molecule has 3 aromatic rings. The van der Waals surface area contributed by atoms with Gasteiger partial charge in [-0.25, -0.2) is 0 Å². The van der Waals surface area contributed by atoms with Crippen LogP contribution < -0.4 is 20.9 Å². The number of hydrogen-bond donors (Lipinski definition) is 2. The van der Waals surface area contributed by atoms with Crippen LogP contribution in [-0.2, 0) is 0 Å². The van der Waals surface area contributed by atoms with Crippen molar-refractivity contribution < 1.29 is 4.74 Å². The summed E-state index contributed by atoms with van der Waals surface area (Å²) in [4.78, 5) is 12.0. The molecule has 146 valence electrons. The number of rotatable bonds is 6. The van der Waals surface area contributed by atoms with E-state index in [4.69, 9.17) is 4.74 Å². The monoisotopic (exact) mass is 505 g/mol. The molecule has 0 spiro atoms. The van der Waals surface area contributed by atoms with Crippen molar-refractivity contribution >= 4 is 42.8 Å². The quantitative estimate of drug-likeness (QED) is 0.481. The molecule has 2 heterocycles. The third-order valence-corrected chi connectivity index (χ3v) is 5.94. The summed E-state index contributed by atoms with van der Waals surface area (Å²) in [6, 6.07) is 13.7. The minimum atomic E-state index is 0.0471. The van der Waals surface area contributed by atoms with Crippen LogP contribution in [0.3, 0.4) is 0 Å². The van der Waals surface area contributed by atoms with Gasteiger partial charge in [0.1, 0.15) is 5.75 Å². The molecular formula is C21H21Br2N3O2. The molecule has 0 saturated heterocycles. The van der Waals surface area contributed by atoms with Crippen LogP contribution in [0.25, 0.3) is 10.9 Å². The lowest BCUT2D eigenvalue weighted by Gasteiger charge is -2.28. The second kappa shape index (κ2) is 8.68. The largest absolute Gasteiger partial charge is 0.492 e. The normalized spacial score (nSPS) is 15.9. The number of aromatic nitrogens is 1. The maximum atomic E-state index is 12.0. The fourth-order valence-electron chi connectivity index (χ4n) is 3.54. The highest BCUT2D eigenvalue weighted by molar-refractivity contribution is 9.11. The number of pyridine rings is 1. The summed E-state index contributed by atoms with van der Waals surface area (Å²) < 4.78 is 9.78. The van der Waals surface area contributed by atoms with Gasteiger partial charge < -0.3 is 15.5 Å². The van der Waals surface area contributed by atoms with Gasteiger partial charge >= 0.3 is 0 Å². The highest BCUT2D eigenvalue weighted by Gasteiger charge is 2.23. The van der Waals surface area contributed by atoms with E-state index in [1.807, 2.05) is 35.0 Å². The zero-order valence-corrected chi connectivity index (χ0v) is 18.4. The predicted octanol–water partition coefficient (Wildman–Crippen LogP) is 4.57. The van der Waals surface area contributed by atoms with Crippen molar-refractivity contribution in [2.24, 2.45) is 0 Å². The Kier molecular flexibility index (Phi) is 6.04. The molecule has 5 nitrogen and oxygen atoms in total. The van der Waals surface area contributed by atoms with Gasteiger partial charge in [0.25, 0.3) is 0 Å². The lowest BCUT2D eigenvalue weighted by Crippen LogP contribution is -2.29. The lowest BCUT2D eigenvalue weighted by atomic mass is 10.0. The Hall–Kier alpha value is -1.83. The summed E-state index contributed by atoms with van der Waals surface area (Å²) in [5.41, 5.74) is 5.52. The van der Waals surface area contributed by atoms with E-state index in [1.54, 1.807) is 12.3 Å². The number of nitrogens with one attached hydrogen (secondary N) is 2. The van der Waals surface area contributed by atoms with Crippen molar-refractivity contribution in [1.82, 2.24) is 9.99 Å². The summed E-state index contributed by atoms with van der Waals surface area (Å²) in [7, 11) is 0. The molecule has 0 bridgehead atoms. The van der Waals surface area contributed by atoms with Gasteiger partial charge in [-0.3, -0.25) is 9.47 Å². The summed E-state index contributed by atoms with van der Waals surface area (Å²) in [6.07, 6.45) is 3.71. The molecule has 0 amide bonds. The van der Waals surface area contributed by atoms with Gasteiger partial charge in [0, 0.05) is 46.7 Å². The molecule has 1 atom stereocenters. The van der Waals surface area contributed by atoms with Crippen molar-refractivity contribution in [3.05, 3.63) is 73.4 Å². The molecule has 0 saturated carbocycles. The molecule has 28 heavy (non-hydrogen) atoms. The Bertz CT molecular complexity index is 1050. The van der Waals surface area contributed by atoms with Gasteiger partial charge in [0.15, 0.2) is 5.43 Å². The van der Waals surface area contributed by atoms with E-state index < -0.39 is 0 Å². The molecule has 4 rings (SSSR count). The maximum absolute atomic E-state index is 12.0. The molecule has 0 fully saturated rings. The van der Waals surface area contributed by atoms with Gasteiger partial charge in [-0.15, -0.1) is 0 Å². The van der Waals surface area contributed by atoms with Crippen LogP contribution >= 0.6 is 31.9 Å². The average molecular weight is 507 g/mol. The Morgan fingerprint density at radius 1 is 1.14 bits per heavy atom. The van der Waals surface area contributed by atoms with E-state index in [1.165, 1.54) is 5.56 Å². The van der Waals surface area contributed by atoms with Gasteiger partial charge in [-0.1, -0.05) is 28.1 Å². The van der Waals surface area contributed by atoms with Crippen molar-refractivity contribution in [3.8, 4) is 5.75 Å². The molecule has 1 aliphatic heterocycles. The standard InChI is InChI=1S/C21H21Br2N3O2/c22-14-12-16-18(7-11-28-21(16)17(23)13-14)24-8-3-9-25-26-10-6-20(27)15-4-1-2-5-19(15)26/h1-2,4-6,10,12-13,18,24-25H,3,7-9,11H2. The van der Waals surface area contributed by atoms with Crippen LogP contribution in [0.4, 0.5) is 0 Å². The topological polar surface area (TPSA) is 55.3 Å². The van der Waals surface area contributed by atoms with Crippen molar-refractivity contribution in [3.63, 3.8) is 0 Å². The van der Waals surface area contributed by atoms with Crippen molar-refractivity contribution in [2.45, 2.75) is 18.9 Å². The van der Waals surface area contributed by atoms with Crippen LogP contribution in [0.1, 0.15) is 24.4 Å². The van der Waals surface area contributed by atoms with Crippen molar-refractivity contribution in [2.75, 3.05) is 25.1 Å². The van der Waals surface area contributed by atoms with Crippen molar-refractivity contribution in [1.29, 1.82) is 0 Å². The van der Waals surface area contributed by atoms with E-state index in [2.05, 4.69) is 48.7 Å². The smallest absolute Gasteiger partial charge is 0.189 e. The maximum Gasteiger partial charge on any atom is 0.189 e. The molecule has 0 radical (unpaired) electrons. The number of ether oxygens (including phenoxy) is 1. The molecule has 0 aliphatic carbocycles. The SMILES string of the molecule is O=c1ccn(NCCCNC2CCOc3c(Br)cc(Br)cc32)c2ccccc12. The Morgan fingerprint density at radius 3 is 2.89 bits per heavy atom. The molecule has 2 aromatic carbocycles. The second-order valence-electron chi connectivity index (χ2n) is 6.78. The lowest BCUT2D eigenvalue weighted by molar-refractivity contribution is 0.251. The number of benzene rings is 2. The molecule has 7 heteroatoms. The minimum Gasteiger partial charge on any atom is -0.492 e.